The molecule has 0 radical (unpaired) electrons. The molecule has 0 atom stereocenters. The third-order valence-corrected chi connectivity index (χ3v) is 3.64. The number of aliphatic hydroxyl groups is 1. The maximum Gasteiger partial charge on any atom is 0.232 e. The van der Waals surface area contributed by atoms with E-state index in [1.54, 1.807) is 23.7 Å². The highest BCUT2D eigenvalue weighted by atomic mass is 32.2. The Morgan fingerprint density at radius 3 is 2.89 bits per heavy atom. The Hall–Kier alpha value is -1.00. The monoisotopic (exact) mass is 267 g/mol. The fourth-order valence-corrected chi connectivity index (χ4v) is 2.51. The summed E-state index contributed by atoms with van der Waals surface area (Å²) >= 11 is 1.63. The summed E-state index contributed by atoms with van der Waals surface area (Å²) in [5.41, 5.74) is 2.50. The number of hydrogen-bond donors (Lipinski definition) is 1. The molecule has 0 spiro atoms. The molecule has 1 amide bonds. The maximum atomic E-state index is 11.7. The number of aryl methyl sites for hydroxylation is 1. The van der Waals surface area contributed by atoms with Crippen LogP contribution in [0.15, 0.2) is 24.3 Å². The van der Waals surface area contributed by atoms with Crippen LogP contribution < -0.4 is 0 Å². The molecule has 100 valence electrons. The molecular weight excluding hydrogens is 246 g/mol. The molecule has 1 rings (SSSR count). The summed E-state index contributed by atoms with van der Waals surface area (Å²) < 4.78 is 0. The minimum Gasteiger partial charge on any atom is -0.396 e. The standard InChI is InChI=1S/C14H21NO2S/c1-12-5-3-6-13(9-12)10-18-11-14(17)15(2)7-4-8-16/h3,5-6,9,16H,4,7-8,10-11H2,1-2H3. The number of carbonyl (C=O) groups excluding carboxylic acids is 1. The van der Waals surface area contributed by atoms with E-state index >= 15 is 0 Å². The van der Waals surface area contributed by atoms with Crippen LogP contribution in [0.25, 0.3) is 0 Å². The number of benzene rings is 1. The van der Waals surface area contributed by atoms with Gasteiger partial charge in [0, 0.05) is 26.0 Å². The molecule has 3 nitrogen and oxygen atoms in total. The van der Waals surface area contributed by atoms with Gasteiger partial charge in [-0.05, 0) is 18.9 Å². The quantitative estimate of drug-likeness (QED) is 0.822. The molecule has 0 fully saturated rings. The van der Waals surface area contributed by atoms with Crippen molar-refractivity contribution >= 4 is 17.7 Å². The van der Waals surface area contributed by atoms with E-state index in [2.05, 4.69) is 25.1 Å². The molecule has 1 N–H and O–H groups in total. The van der Waals surface area contributed by atoms with E-state index in [4.69, 9.17) is 5.11 Å². The van der Waals surface area contributed by atoms with Crippen molar-refractivity contribution < 1.29 is 9.90 Å². The zero-order valence-corrected chi connectivity index (χ0v) is 11.9. The number of rotatable bonds is 7. The van der Waals surface area contributed by atoms with E-state index in [9.17, 15) is 4.79 Å². The zero-order chi connectivity index (χ0) is 13.4. The highest BCUT2D eigenvalue weighted by molar-refractivity contribution is 7.99. The van der Waals surface area contributed by atoms with Gasteiger partial charge in [0.15, 0.2) is 0 Å². The van der Waals surface area contributed by atoms with Crippen LogP contribution in [0.1, 0.15) is 17.5 Å². The minimum atomic E-state index is 0.126. The van der Waals surface area contributed by atoms with Gasteiger partial charge in [-0.25, -0.2) is 0 Å². The van der Waals surface area contributed by atoms with Crippen molar-refractivity contribution in [3.8, 4) is 0 Å². The third-order valence-electron chi connectivity index (χ3n) is 2.65. The molecule has 4 heteroatoms. The molecule has 0 saturated carbocycles. The molecule has 18 heavy (non-hydrogen) atoms. The summed E-state index contributed by atoms with van der Waals surface area (Å²) in [6, 6.07) is 8.34. The maximum absolute atomic E-state index is 11.7. The van der Waals surface area contributed by atoms with Crippen LogP contribution in [-0.4, -0.2) is 41.9 Å². The van der Waals surface area contributed by atoms with E-state index in [0.717, 1.165) is 5.75 Å². The van der Waals surface area contributed by atoms with Crippen LogP contribution >= 0.6 is 11.8 Å². The summed E-state index contributed by atoms with van der Waals surface area (Å²) in [5.74, 6) is 1.48. The van der Waals surface area contributed by atoms with Gasteiger partial charge in [0.2, 0.25) is 5.91 Å². The van der Waals surface area contributed by atoms with Crippen molar-refractivity contribution in [1.29, 1.82) is 0 Å². The highest BCUT2D eigenvalue weighted by Gasteiger charge is 2.07. The number of nitrogens with zero attached hydrogens (tertiary/aromatic N) is 1. The van der Waals surface area contributed by atoms with Gasteiger partial charge in [-0.2, -0.15) is 0 Å². The Morgan fingerprint density at radius 1 is 1.44 bits per heavy atom. The van der Waals surface area contributed by atoms with Gasteiger partial charge in [-0.3, -0.25) is 4.79 Å². The van der Waals surface area contributed by atoms with Crippen LogP contribution in [0.3, 0.4) is 0 Å². The molecule has 0 bridgehead atoms. The molecule has 1 aromatic carbocycles. The van der Waals surface area contributed by atoms with Crippen LogP contribution in [-0.2, 0) is 10.5 Å². The van der Waals surface area contributed by atoms with E-state index < -0.39 is 0 Å². The van der Waals surface area contributed by atoms with Crippen LogP contribution in [0.4, 0.5) is 0 Å². The Labute approximate surface area is 113 Å². The predicted octanol–water partition coefficient (Wildman–Crippen LogP) is 2.07. The summed E-state index contributed by atoms with van der Waals surface area (Å²) in [7, 11) is 1.78. The molecule has 0 aliphatic heterocycles. The van der Waals surface area contributed by atoms with Gasteiger partial charge >= 0.3 is 0 Å². The van der Waals surface area contributed by atoms with E-state index in [-0.39, 0.29) is 12.5 Å². The Kier molecular flexibility index (Phi) is 6.83. The molecule has 1 aromatic rings. The lowest BCUT2D eigenvalue weighted by Gasteiger charge is -2.16. The normalized spacial score (nSPS) is 10.4. The summed E-state index contributed by atoms with van der Waals surface area (Å²) in [6.45, 7) is 2.83. The van der Waals surface area contributed by atoms with Crippen molar-refractivity contribution in [2.24, 2.45) is 0 Å². The SMILES string of the molecule is Cc1cccc(CSCC(=O)N(C)CCCO)c1. The Balaban J connectivity index is 2.27. The summed E-state index contributed by atoms with van der Waals surface area (Å²) in [4.78, 5) is 13.4. The van der Waals surface area contributed by atoms with Crippen LogP contribution in [0.5, 0.6) is 0 Å². The molecule has 0 unspecified atom stereocenters. The van der Waals surface area contributed by atoms with Crippen LogP contribution in [0.2, 0.25) is 0 Å². The number of hydrogen-bond acceptors (Lipinski definition) is 3. The molecule has 0 heterocycles. The second-order valence-electron chi connectivity index (χ2n) is 4.37. The van der Waals surface area contributed by atoms with E-state index in [1.165, 1.54) is 11.1 Å². The zero-order valence-electron chi connectivity index (χ0n) is 11.1. The van der Waals surface area contributed by atoms with Gasteiger partial charge in [0.05, 0.1) is 5.75 Å². The second-order valence-corrected chi connectivity index (χ2v) is 5.36. The summed E-state index contributed by atoms with van der Waals surface area (Å²) in [5, 5.41) is 8.70. The first kappa shape index (κ1) is 15.1. The van der Waals surface area contributed by atoms with Gasteiger partial charge in [-0.1, -0.05) is 29.8 Å². The molecule has 0 saturated heterocycles. The minimum absolute atomic E-state index is 0.126. The van der Waals surface area contributed by atoms with E-state index in [0.29, 0.717) is 18.7 Å². The van der Waals surface area contributed by atoms with Gasteiger partial charge in [-0.15, -0.1) is 11.8 Å². The van der Waals surface area contributed by atoms with Crippen molar-refractivity contribution in [3.05, 3.63) is 35.4 Å². The molecule has 0 aliphatic rings. The third kappa shape index (κ3) is 5.56. The molecular formula is C14H21NO2S. The average molecular weight is 267 g/mol. The first-order valence-corrected chi connectivity index (χ1v) is 7.27. The number of aliphatic hydroxyl groups excluding tert-OH is 1. The van der Waals surface area contributed by atoms with Crippen molar-refractivity contribution in [2.75, 3.05) is 26.0 Å². The van der Waals surface area contributed by atoms with Gasteiger partial charge < -0.3 is 10.0 Å². The second kappa shape index (κ2) is 8.16. The first-order valence-electron chi connectivity index (χ1n) is 6.11. The lowest BCUT2D eigenvalue weighted by Crippen LogP contribution is -2.29. The first-order chi connectivity index (χ1) is 8.63. The lowest BCUT2D eigenvalue weighted by atomic mass is 10.2. The van der Waals surface area contributed by atoms with Crippen molar-refractivity contribution in [1.82, 2.24) is 4.90 Å². The van der Waals surface area contributed by atoms with Crippen LogP contribution in [0, 0.1) is 6.92 Å². The highest BCUT2D eigenvalue weighted by Crippen LogP contribution is 2.13. The molecule has 0 aromatic heterocycles. The fourth-order valence-electron chi connectivity index (χ4n) is 1.60. The number of amides is 1. The molecule has 0 aliphatic carbocycles. The van der Waals surface area contributed by atoms with Crippen molar-refractivity contribution in [3.63, 3.8) is 0 Å². The fraction of sp³-hybridized carbons (Fsp3) is 0.500. The summed E-state index contributed by atoms with van der Waals surface area (Å²) in [6.07, 6.45) is 0.644. The van der Waals surface area contributed by atoms with Gasteiger partial charge in [0.1, 0.15) is 0 Å². The largest absolute Gasteiger partial charge is 0.396 e. The topological polar surface area (TPSA) is 40.5 Å². The lowest BCUT2D eigenvalue weighted by molar-refractivity contribution is -0.127. The smallest absolute Gasteiger partial charge is 0.232 e. The average Bonchev–Trinajstić information content (AvgIpc) is 2.35. The van der Waals surface area contributed by atoms with Crippen molar-refractivity contribution in [2.45, 2.75) is 19.1 Å². The number of thioether (sulfide) groups is 1. The predicted molar refractivity (Wildman–Crippen MR) is 76.7 cm³/mol. The van der Waals surface area contributed by atoms with Gasteiger partial charge in [0.25, 0.3) is 0 Å². The Morgan fingerprint density at radius 2 is 2.22 bits per heavy atom. The Bertz CT molecular complexity index is 382. The van der Waals surface area contributed by atoms with E-state index in [1.807, 2.05) is 6.07 Å². The number of carbonyl (C=O) groups is 1.